The molecule has 0 aliphatic rings. The first-order valence-electron chi connectivity index (χ1n) is 7.92. The number of rotatable bonds is 6. The van der Waals surface area contributed by atoms with Crippen molar-refractivity contribution in [1.29, 1.82) is 0 Å². The Morgan fingerprint density at radius 3 is 2.04 bits per heavy atom. The van der Waals surface area contributed by atoms with Crippen LogP contribution in [0, 0.1) is 0 Å². The minimum atomic E-state index is -1.88. The summed E-state index contributed by atoms with van der Waals surface area (Å²) in [7, 11) is -1.88. The second kappa shape index (κ2) is 8.53. The van der Waals surface area contributed by atoms with E-state index in [1.165, 1.54) is 18.7 Å². The molecule has 23 heavy (non-hydrogen) atoms. The molecular weight excluding hydrogens is 330 g/mol. The SMILES string of the molecule is CC(=O)S[C@@H](CNC(=O)OC(C)(C)C)CO[Si](C)(C)C(C)(C)C. The van der Waals surface area contributed by atoms with E-state index in [-0.39, 0.29) is 15.4 Å². The summed E-state index contributed by atoms with van der Waals surface area (Å²) in [5.41, 5.74) is -0.537. The number of hydrogen-bond donors (Lipinski definition) is 1. The van der Waals surface area contributed by atoms with Crippen molar-refractivity contribution in [1.82, 2.24) is 5.32 Å². The summed E-state index contributed by atoms with van der Waals surface area (Å²) in [6.45, 7) is 18.6. The van der Waals surface area contributed by atoms with Crippen LogP contribution in [0.15, 0.2) is 0 Å². The van der Waals surface area contributed by atoms with Crippen LogP contribution < -0.4 is 5.32 Å². The summed E-state index contributed by atoms with van der Waals surface area (Å²) in [4.78, 5) is 23.2. The number of nitrogens with one attached hydrogen (secondary N) is 1. The molecule has 136 valence electrons. The van der Waals surface area contributed by atoms with Crippen LogP contribution in [0.2, 0.25) is 18.1 Å². The van der Waals surface area contributed by atoms with Crippen LogP contribution in [0.5, 0.6) is 0 Å². The number of thioether (sulfide) groups is 1. The molecule has 0 aliphatic heterocycles. The minimum absolute atomic E-state index is 0.0137. The van der Waals surface area contributed by atoms with E-state index in [0.29, 0.717) is 13.2 Å². The topological polar surface area (TPSA) is 64.6 Å². The van der Waals surface area contributed by atoms with E-state index in [1.54, 1.807) is 0 Å². The summed E-state index contributed by atoms with van der Waals surface area (Å²) in [6, 6.07) is 0. The normalized spacial score (nSPS) is 14.3. The third-order valence-electron chi connectivity index (χ3n) is 3.64. The lowest BCUT2D eigenvalue weighted by Gasteiger charge is -2.37. The van der Waals surface area contributed by atoms with Crippen LogP contribution in [0.3, 0.4) is 0 Å². The Balaban J connectivity index is 4.60. The van der Waals surface area contributed by atoms with E-state index in [1.807, 2.05) is 20.8 Å². The molecule has 0 aromatic carbocycles. The van der Waals surface area contributed by atoms with Gasteiger partial charge in [-0.2, -0.15) is 0 Å². The van der Waals surface area contributed by atoms with Gasteiger partial charge in [0.05, 0.1) is 5.25 Å². The van der Waals surface area contributed by atoms with E-state index in [4.69, 9.17) is 9.16 Å². The van der Waals surface area contributed by atoms with Gasteiger partial charge in [-0.1, -0.05) is 32.5 Å². The minimum Gasteiger partial charge on any atom is -0.444 e. The van der Waals surface area contributed by atoms with E-state index in [9.17, 15) is 9.59 Å². The van der Waals surface area contributed by atoms with Gasteiger partial charge in [-0.3, -0.25) is 4.79 Å². The van der Waals surface area contributed by atoms with Crippen LogP contribution in [0.25, 0.3) is 0 Å². The van der Waals surface area contributed by atoms with Crippen molar-refractivity contribution >= 4 is 31.3 Å². The summed E-state index contributed by atoms with van der Waals surface area (Å²) in [5.74, 6) is 0. The Morgan fingerprint density at radius 1 is 1.13 bits per heavy atom. The maximum absolute atomic E-state index is 11.7. The van der Waals surface area contributed by atoms with Crippen molar-refractivity contribution in [2.75, 3.05) is 13.2 Å². The van der Waals surface area contributed by atoms with Gasteiger partial charge in [-0.05, 0) is 38.9 Å². The molecule has 0 aliphatic carbocycles. The van der Waals surface area contributed by atoms with Gasteiger partial charge >= 0.3 is 6.09 Å². The Morgan fingerprint density at radius 2 is 1.65 bits per heavy atom. The Bertz CT molecular complexity index is 413. The largest absolute Gasteiger partial charge is 0.444 e. The molecule has 0 fully saturated rings. The molecule has 1 N–H and O–H groups in total. The van der Waals surface area contributed by atoms with Crippen LogP contribution in [-0.2, 0) is 14.0 Å². The van der Waals surface area contributed by atoms with Crippen LogP contribution in [0.1, 0.15) is 48.5 Å². The predicted molar refractivity (Wildman–Crippen MR) is 99.4 cm³/mol. The molecule has 1 amide bonds. The average molecular weight is 364 g/mol. The molecule has 0 aromatic rings. The second-order valence-corrected chi connectivity index (χ2v) is 14.5. The first kappa shape index (κ1) is 22.5. The maximum Gasteiger partial charge on any atom is 0.407 e. The lowest BCUT2D eigenvalue weighted by atomic mass is 10.2. The zero-order valence-electron chi connectivity index (χ0n) is 16.0. The van der Waals surface area contributed by atoms with Gasteiger partial charge in [0.25, 0.3) is 0 Å². The molecule has 0 spiro atoms. The molecule has 0 radical (unpaired) electrons. The highest BCUT2D eigenvalue weighted by molar-refractivity contribution is 8.14. The summed E-state index contributed by atoms with van der Waals surface area (Å²) >= 11 is 1.20. The van der Waals surface area contributed by atoms with Gasteiger partial charge in [0, 0.05) is 20.1 Å². The monoisotopic (exact) mass is 363 g/mol. The molecule has 0 aromatic heterocycles. The van der Waals surface area contributed by atoms with Crippen LogP contribution >= 0.6 is 11.8 Å². The Hall–Kier alpha value is -0.533. The molecule has 0 saturated carbocycles. The van der Waals surface area contributed by atoms with Gasteiger partial charge in [-0.15, -0.1) is 0 Å². The van der Waals surface area contributed by atoms with E-state index in [0.717, 1.165) is 0 Å². The molecule has 5 nitrogen and oxygen atoms in total. The lowest BCUT2D eigenvalue weighted by molar-refractivity contribution is -0.109. The zero-order valence-corrected chi connectivity index (χ0v) is 17.8. The third-order valence-corrected chi connectivity index (χ3v) is 9.11. The summed E-state index contributed by atoms with van der Waals surface area (Å²) in [5, 5.41) is 2.73. The number of carbonyl (C=O) groups excluding carboxylic acids is 2. The highest BCUT2D eigenvalue weighted by atomic mass is 32.2. The number of alkyl carbamates (subject to hydrolysis) is 1. The standard InChI is InChI=1S/C16H33NO4SSi/c1-12(18)22-13(10-17-14(19)21-15(2,3)4)11-20-23(8,9)16(5,6)7/h13H,10-11H2,1-9H3,(H,17,19)/t13-/m0/s1. The van der Waals surface area contributed by atoms with Crippen molar-refractivity contribution < 1.29 is 18.8 Å². The smallest absolute Gasteiger partial charge is 0.407 e. The highest BCUT2D eigenvalue weighted by Crippen LogP contribution is 2.36. The van der Waals surface area contributed by atoms with Crippen LogP contribution in [0.4, 0.5) is 4.79 Å². The Labute approximate surface area is 146 Å². The number of hydrogen-bond acceptors (Lipinski definition) is 5. The fourth-order valence-corrected chi connectivity index (χ4v) is 3.34. The van der Waals surface area contributed by atoms with Gasteiger partial charge < -0.3 is 14.5 Å². The number of ether oxygens (including phenoxy) is 1. The third kappa shape index (κ3) is 10.0. The van der Waals surface area contributed by atoms with Gasteiger partial charge in [0.15, 0.2) is 13.4 Å². The fourth-order valence-electron chi connectivity index (χ4n) is 1.40. The highest BCUT2D eigenvalue weighted by Gasteiger charge is 2.37. The molecule has 0 bridgehead atoms. The van der Waals surface area contributed by atoms with Crippen molar-refractivity contribution in [2.45, 2.75) is 77.4 Å². The van der Waals surface area contributed by atoms with Gasteiger partial charge in [-0.25, -0.2) is 4.79 Å². The van der Waals surface area contributed by atoms with Gasteiger partial charge in [0.1, 0.15) is 5.60 Å². The summed E-state index contributed by atoms with van der Waals surface area (Å²) in [6.07, 6.45) is -0.473. The zero-order chi connectivity index (χ0) is 18.5. The van der Waals surface area contributed by atoms with Crippen LogP contribution in [-0.4, -0.2) is 43.5 Å². The summed E-state index contributed by atoms with van der Waals surface area (Å²) < 4.78 is 11.4. The first-order valence-corrected chi connectivity index (χ1v) is 11.7. The molecule has 0 saturated heterocycles. The molecule has 0 heterocycles. The van der Waals surface area contributed by atoms with Crippen molar-refractivity contribution in [3.8, 4) is 0 Å². The molecule has 7 heteroatoms. The van der Waals surface area contributed by atoms with E-state index in [2.05, 4.69) is 39.2 Å². The second-order valence-electron chi connectivity index (χ2n) is 8.19. The van der Waals surface area contributed by atoms with E-state index >= 15 is 0 Å². The fraction of sp³-hybridized carbons (Fsp3) is 0.875. The maximum atomic E-state index is 11.7. The molecular formula is C16H33NO4SSi. The van der Waals surface area contributed by atoms with E-state index < -0.39 is 20.0 Å². The number of carbonyl (C=O) groups is 2. The average Bonchev–Trinajstić information content (AvgIpc) is 2.28. The molecule has 0 unspecified atom stereocenters. The predicted octanol–water partition coefficient (Wildman–Crippen LogP) is 4.18. The molecule has 1 atom stereocenters. The number of amides is 1. The van der Waals surface area contributed by atoms with Gasteiger partial charge in [0.2, 0.25) is 0 Å². The van der Waals surface area contributed by atoms with Crippen molar-refractivity contribution in [3.63, 3.8) is 0 Å². The van der Waals surface area contributed by atoms with Crippen molar-refractivity contribution in [3.05, 3.63) is 0 Å². The Kier molecular flexibility index (Phi) is 8.33. The lowest BCUT2D eigenvalue weighted by Crippen LogP contribution is -2.44. The molecule has 0 rings (SSSR count). The van der Waals surface area contributed by atoms with Crippen molar-refractivity contribution in [2.24, 2.45) is 0 Å². The quantitative estimate of drug-likeness (QED) is 0.717. The first-order chi connectivity index (χ1) is 10.1.